The molecule has 6 heteroatoms. The maximum atomic E-state index is 13.3. The molecule has 1 fully saturated rings. The van der Waals surface area contributed by atoms with E-state index in [0.29, 0.717) is 15.0 Å². The van der Waals surface area contributed by atoms with Crippen molar-refractivity contribution in [2.24, 2.45) is 11.7 Å². The standard InChI is InChI=1S/C13H14BrFN2OS/c14-8-4-7(5-9(15)6-8)13(18)17-11-3-1-2-10(11)12(16)19/h4-6,10-11H,1-3H2,(H2,16,19)(H,17,18). The minimum atomic E-state index is -0.447. The van der Waals surface area contributed by atoms with Gasteiger partial charge in [0.2, 0.25) is 0 Å². The van der Waals surface area contributed by atoms with E-state index in [4.69, 9.17) is 18.0 Å². The van der Waals surface area contributed by atoms with Crippen LogP contribution in [0.1, 0.15) is 29.6 Å². The van der Waals surface area contributed by atoms with Crippen LogP contribution in [0.4, 0.5) is 4.39 Å². The largest absolute Gasteiger partial charge is 0.393 e. The molecule has 1 aliphatic carbocycles. The van der Waals surface area contributed by atoms with Crippen molar-refractivity contribution >= 4 is 39.0 Å². The lowest BCUT2D eigenvalue weighted by Crippen LogP contribution is -2.41. The van der Waals surface area contributed by atoms with Crippen molar-refractivity contribution < 1.29 is 9.18 Å². The summed E-state index contributed by atoms with van der Waals surface area (Å²) < 4.78 is 13.8. The summed E-state index contributed by atoms with van der Waals surface area (Å²) in [5.74, 6) is -0.707. The molecule has 2 rings (SSSR count). The van der Waals surface area contributed by atoms with Gasteiger partial charge in [0.05, 0.1) is 4.99 Å². The number of nitrogens with one attached hydrogen (secondary N) is 1. The third-order valence-electron chi connectivity index (χ3n) is 3.32. The Hall–Kier alpha value is -1.01. The van der Waals surface area contributed by atoms with Crippen molar-refractivity contribution in [1.29, 1.82) is 0 Å². The van der Waals surface area contributed by atoms with Gasteiger partial charge in [-0.1, -0.05) is 34.6 Å². The van der Waals surface area contributed by atoms with Gasteiger partial charge >= 0.3 is 0 Å². The second kappa shape index (κ2) is 5.96. The van der Waals surface area contributed by atoms with E-state index in [0.717, 1.165) is 19.3 Å². The van der Waals surface area contributed by atoms with Crippen LogP contribution in [0.15, 0.2) is 22.7 Å². The molecule has 1 amide bonds. The predicted molar refractivity (Wildman–Crippen MR) is 79.5 cm³/mol. The predicted octanol–water partition coefficient (Wildman–Crippen LogP) is 2.77. The first-order chi connectivity index (χ1) is 8.97. The van der Waals surface area contributed by atoms with Crippen molar-refractivity contribution in [3.8, 4) is 0 Å². The first-order valence-electron chi connectivity index (χ1n) is 6.03. The van der Waals surface area contributed by atoms with Crippen LogP contribution < -0.4 is 11.1 Å². The molecule has 3 N–H and O–H groups in total. The molecule has 3 nitrogen and oxygen atoms in total. The van der Waals surface area contributed by atoms with Crippen molar-refractivity contribution in [1.82, 2.24) is 5.32 Å². The zero-order valence-corrected chi connectivity index (χ0v) is 12.6. The smallest absolute Gasteiger partial charge is 0.251 e. The summed E-state index contributed by atoms with van der Waals surface area (Å²) in [6.07, 6.45) is 2.73. The number of thiocarbonyl (C=S) groups is 1. The van der Waals surface area contributed by atoms with Crippen LogP contribution in [0, 0.1) is 11.7 Å². The average molecular weight is 345 g/mol. The zero-order chi connectivity index (χ0) is 14.0. The van der Waals surface area contributed by atoms with Gasteiger partial charge in [0.15, 0.2) is 0 Å². The molecule has 1 aromatic rings. The normalized spacial score (nSPS) is 22.2. The monoisotopic (exact) mass is 344 g/mol. The van der Waals surface area contributed by atoms with Crippen molar-refractivity contribution in [3.05, 3.63) is 34.1 Å². The number of hydrogen-bond acceptors (Lipinski definition) is 2. The molecule has 2 atom stereocenters. The number of hydrogen-bond donors (Lipinski definition) is 2. The summed E-state index contributed by atoms with van der Waals surface area (Å²) in [4.78, 5) is 12.5. The molecular formula is C13H14BrFN2OS. The molecule has 0 spiro atoms. The number of carbonyl (C=O) groups excluding carboxylic acids is 1. The van der Waals surface area contributed by atoms with E-state index < -0.39 is 5.82 Å². The number of rotatable bonds is 3. The number of halogens is 2. The fourth-order valence-corrected chi connectivity index (χ4v) is 3.16. The highest BCUT2D eigenvalue weighted by molar-refractivity contribution is 9.10. The summed E-state index contributed by atoms with van der Waals surface area (Å²) in [5, 5.41) is 2.89. The molecule has 0 aromatic heterocycles. The van der Waals surface area contributed by atoms with E-state index in [9.17, 15) is 9.18 Å². The lowest BCUT2D eigenvalue weighted by Gasteiger charge is -2.20. The van der Waals surface area contributed by atoms with E-state index in [1.165, 1.54) is 12.1 Å². The highest BCUT2D eigenvalue weighted by atomic mass is 79.9. The molecule has 0 saturated heterocycles. The molecular weight excluding hydrogens is 331 g/mol. The summed E-state index contributed by atoms with van der Waals surface area (Å²) in [6, 6.07) is 4.06. The van der Waals surface area contributed by atoms with Gasteiger partial charge in [-0.15, -0.1) is 0 Å². The minimum absolute atomic E-state index is 0.0379. The van der Waals surface area contributed by atoms with Crippen LogP contribution in [0.25, 0.3) is 0 Å². The Morgan fingerprint density at radius 2 is 2.16 bits per heavy atom. The third kappa shape index (κ3) is 3.51. The SMILES string of the molecule is NC(=S)C1CCCC1NC(=O)c1cc(F)cc(Br)c1. The van der Waals surface area contributed by atoms with Crippen LogP contribution in [0.5, 0.6) is 0 Å². The van der Waals surface area contributed by atoms with Crippen molar-refractivity contribution in [3.63, 3.8) is 0 Å². The second-order valence-electron chi connectivity index (χ2n) is 4.68. The molecule has 1 saturated carbocycles. The summed E-state index contributed by atoms with van der Waals surface area (Å²) >= 11 is 8.17. The van der Waals surface area contributed by atoms with E-state index in [1.807, 2.05) is 0 Å². The second-order valence-corrected chi connectivity index (χ2v) is 6.06. The number of carbonyl (C=O) groups is 1. The van der Waals surface area contributed by atoms with Crippen LogP contribution in [0.3, 0.4) is 0 Å². The van der Waals surface area contributed by atoms with Crippen molar-refractivity contribution in [2.75, 3.05) is 0 Å². The van der Waals surface area contributed by atoms with E-state index in [-0.39, 0.29) is 17.9 Å². The van der Waals surface area contributed by atoms with Gasteiger partial charge in [0, 0.05) is 22.0 Å². The van der Waals surface area contributed by atoms with E-state index >= 15 is 0 Å². The third-order valence-corrected chi connectivity index (χ3v) is 4.08. The van der Waals surface area contributed by atoms with Crippen molar-refractivity contribution in [2.45, 2.75) is 25.3 Å². The topological polar surface area (TPSA) is 55.1 Å². The Morgan fingerprint density at radius 1 is 1.42 bits per heavy atom. The van der Waals surface area contributed by atoms with Gasteiger partial charge in [-0.3, -0.25) is 4.79 Å². The number of nitrogens with two attached hydrogens (primary N) is 1. The Kier molecular flexibility index (Phi) is 4.52. The van der Waals surface area contributed by atoms with Crippen LogP contribution in [0.2, 0.25) is 0 Å². The minimum Gasteiger partial charge on any atom is -0.393 e. The molecule has 19 heavy (non-hydrogen) atoms. The average Bonchev–Trinajstić information content (AvgIpc) is 2.75. The van der Waals surface area contributed by atoms with Gasteiger partial charge in [-0.25, -0.2) is 4.39 Å². The van der Waals surface area contributed by atoms with Gasteiger partial charge in [0.1, 0.15) is 5.82 Å². The molecule has 0 aliphatic heterocycles. The summed E-state index contributed by atoms with van der Waals surface area (Å²) in [7, 11) is 0. The van der Waals surface area contributed by atoms with Gasteiger partial charge in [-0.2, -0.15) is 0 Å². The highest BCUT2D eigenvalue weighted by Crippen LogP contribution is 2.26. The Labute approximate surface area is 124 Å². The molecule has 1 aromatic carbocycles. The fraction of sp³-hybridized carbons (Fsp3) is 0.385. The molecule has 1 aliphatic rings. The molecule has 0 heterocycles. The van der Waals surface area contributed by atoms with Crippen LogP contribution in [-0.4, -0.2) is 16.9 Å². The van der Waals surface area contributed by atoms with Gasteiger partial charge in [-0.05, 0) is 31.0 Å². The summed E-state index contributed by atoms with van der Waals surface area (Å²) in [6.45, 7) is 0. The first kappa shape index (κ1) is 14.4. The molecule has 2 unspecified atom stereocenters. The van der Waals surface area contributed by atoms with E-state index in [2.05, 4.69) is 21.2 Å². The van der Waals surface area contributed by atoms with Gasteiger partial charge < -0.3 is 11.1 Å². The Morgan fingerprint density at radius 3 is 2.79 bits per heavy atom. The first-order valence-corrected chi connectivity index (χ1v) is 7.24. The summed E-state index contributed by atoms with van der Waals surface area (Å²) in [5.41, 5.74) is 5.96. The van der Waals surface area contributed by atoms with Gasteiger partial charge in [0.25, 0.3) is 5.91 Å². The maximum Gasteiger partial charge on any atom is 0.251 e. The van der Waals surface area contributed by atoms with Crippen LogP contribution >= 0.6 is 28.1 Å². The number of benzene rings is 1. The Balaban J connectivity index is 2.10. The molecule has 102 valence electrons. The quantitative estimate of drug-likeness (QED) is 0.829. The molecule has 0 bridgehead atoms. The molecule has 0 radical (unpaired) electrons. The van der Waals surface area contributed by atoms with E-state index in [1.54, 1.807) is 6.07 Å². The van der Waals surface area contributed by atoms with Crippen LogP contribution in [-0.2, 0) is 0 Å². The highest BCUT2D eigenvalue weighted by Gasteiger charge is 2.30. The lowest BCUT2D eigenvalue weighted by molar-refractivity contribution is 0.0933. The fourth-order valence-electron chi connectivity index (χ4n) is 2.41. The number of amides is 1. The zero-order valence-electron chi connectivity index (χ0n) is 10.2. The lowest BCUT2D eigenvalue weighted by atomic mass is 10.0. The maximum absolute atomic E-state index is 13.3. The Bertz CT molecular complexity index is 503.